The van der Waals surface area contributed by atoms with Gasteiger partial charge in [-0.3, -0.25) is 9.89 Å². The molecule has 0 unspecified atom stereocenters. The standard InChI is InChI=1S/C13H22N4O/c1-8(2)11-7-12(17-16-11)15-13(18)9-3-5-10(14)6-4-9/h7-10H,3-6,14H2,1-2H3,(H2,15,16,17,18). The van der Waals surface area contributed by atoms with Gasteiger partial charge in [0, 0.05) is 23.7 Å². The van der Waals surface area contributed by atoms with Crippen molar-refractivity contribution in [3.8, 4) is 0 Å². The Morgan fingerprint density at radius 3 is 2.67 bits per heavy atom. The molecule has 0 aromatic carbocycles. The molecule has 100 valence electrons. The van der Waals surface area contributed by atoms with E-state index in [4.69, 9.17) is 5.73 Å². The molecular weight excluding hydrogens is 228 g/mol. The Hall–Kier alpha value is -1.36. The highest BCUT2D eigenvalue weighted by molar-refractivity contribution is 5.91. The molecule has 5 nitrogen and oxygen atoms in total. The van der Waals surface area contributed by atoms with E-state index in [9.17, 15) is 4.79 Å². The lowest BCUT2D eigenvalue weighted by atomic mass is 9.86. The van der Waals surface area contributed by atoms with E-state index >= 15 is 0 Å². The largest absolute Gasteiger partial charge is 0.328 e. The number of rotatable bonds is 3. The molecule has 0 atom stereocenters. The normalized spacial score (nSPS) is 24.2. The van der Waals surface area contributed by atoms with Crippen molar-refractivity contribution in [2.45, 2.75) is 51.5 Å². The molecule has 1 saturated carbocycles. The van der Waals surface area contributed by atoms with Crippen LogP contribution in [0.25, 0.3) is 0 Å². The van der Waals surface area contributed by atoms with Gasteiger partial charge in [-0.1, -0.05) is 13.8 Å². The van der Waals surface area contributed by atoms with Crippen molar-refractivity contribution in [3.63, 3.8) is 0 Å². The number of aromatic nitrogens is 2. The van der Waals surface area contributed by atoms with Crippen LogP contribution in [0.4, 0.5) is 5.82 Å². The molecule has 2 rings (SSSR count). The number of carbonyl (C=O) groups excluding carboxylic acids is 1. The van der Waals surface area contributed by atoms with Crippen molar-refractivity contribution in [1.29, 1.82) is 0 Å². The zero-order chi connectivity index (χ0) is 13.1. The third-order valence-corrected chi connectivity index (χ3v) is 3.61. The van der Waals surface area contributed by atoms with Gasteiger partial charge >= 0.3 is 0 Å². The number of hydrogen-bond donors (Lipinski definition) is 3. The van der Waals surface area contributed by atoms with E-state index in [1.54, 1.807) is 0 Å². The summed E-state index contributed by atoms with van der Waals surface area (Å²) in [4.78, 5) is 12.0. The van der Waals surface area contributed by atoms with Crippen LogP contribution in [-0.4, -0.2) is 22.1 Å². The molecule has 1 amide bonds. The molecule has 1 aliphatic rings. The van der Waals surface area contributed by atoms with Gasteiger partial charge in [0.05, 0.1) is 0 Å². The van der Waals surface area contributed by atoms with Crippen molar-refractivity contribution in [2.75, 3.05) is 5.32 Å². The summed E-state index contributed by atoms with van der Waals surface area (Å²) >= 11 is 0. The van der Waals surface area contributed by atoms with E-state index in [-0.39, 0.29) is 17.9 Å². The zero-order valence-corrected chi connectivity index (χ0v) is 11.1. The highest BCUT2D eigenvalue weighted by Gasteiger charge is 2.25. The summed E-state index contributed by atoms with van der Waals surface area (Å²) in [5.74, 6) is 1.17. The third-order valence-electron chi connectivity index (χ3n) is 3.61. The van der Waals surface area contributed by atoms with E-state index in [0.29, 0.717) is 11.7 Å². The maximum Gasteiger partial charge on any atom is 0.228 e. The van der Waals surface area contributed by atoms with Gasteiger partial charge in [-0.2, -0.15) is 5.10 Å². The van der Waals surface area contributed by atoms with Gasteiger partial charge < -0.3 is 11.1 Å². The summed E-state index contributed by atoms with van der Waals surface area (Å²) in [6.45, 7) is 4.17. The maximum atomic E-state index is 12.0. The number of anilines is 1. The minimum Gasteiger partial charge on any atom is -0.328 e. The lowest BCUT2D eigenvalue weighted by molar-refractivity contribution is -0.120. The number of H-pyrrole nitrogens is 1. The predicted molar refractivity (Wildman–Crippen MR) is 71.2 cm³/mol. The second kappa shape index (κ2) is 5.52. The summed E-state index contributed by atoms with van der Waals surface area (Å²) in [6.07, 6.45) is 3.65. The Kier molecular flexibility index (Phi) is 4.01. The van der Waals surface area contributed by atoms with Gasteiger partial charge in [-0.25, -0.2) is 0 Å². The summed E-state index contributed by atoms with van der Waals surface area (Å²) in [7, 11) is 0. The van der Waals surface area contributed by atoms with Crippen LogP contribution in [0.5, 0.6) is 0 Å². The molecule has 0 saturated heterocycles. The Labute approximate surface area is 108 Å². The molecule has 4 N–H and O–H groups in total. The second-order valence-corrected chi connectivity index (χ2v) is 5.46. The molecule has 1 aromatic rings. The van der Waals surface area contributed by atoms with Crippen LogP contribution in [0.1, 0.15) is 51.1 Å². The monoisotopic (exact) mass is 250 g/mol. The number of aromatic amines is 1. The molecular formula is C13H22N4O. The number of carbonyl (C=O) groups is 1. The van der Waals surface area contributed by atoms with Crippen LogP contribution in [-0.2, 0) is 4.79 Å². The summed E-state index contributed by atoms with van der Waals surface area (Å²) in [6, 6.07) is 2.17. The first-order valence-electron chi connectivity index (χ1n) is 6.68. The van der Waals surface area contributed by atoms with Gasteiger partial charge in [-0.15, -0.1) is 0 Å². The highest BCUT2D eigenvalue weighted by atomic mass is 16.1. The van der Waals surface area contributed by atoms with Crippen molar-refractivity contribution >= 4 is 11.7 Å². The summed E-state index contributed by atoms with van der Waals surface area (Å²) in [5.41, 5.74) is 6.88. The first-order chi connectivity index (χ1) is 8.56. The van der Waals surface area contributed by atoms with Gasteiger partial charge in [0.1, 0.15) is 0 Å². The number of nitrogens with one attached hydrogen (secondary N) is 2. The molecule has 5 heteroatoms. The van der Waals surface area contributed by atoms with E-state index in [0.717, 1.165) is 31.4 Å². The topological polar surface area (TPSA) is 83.8 Å². The van der Waals surface area contributed by atoms with Gasteiger partial charge in [0.25, 0.3) is 0 Å². The Morgan fingerprint density at radius 1 is 1.44 bits per heavy atom. The Bertz CT molecular complexity index is 405. The molecule has 0 radical (unpaired) electrons. The third kappa shape index (κ3) is 3.10. The lowest BCUT2D eigenvalue weighted by Crippen LogP contribution is -2.32. The van der Waals surface area contributed by atoms with Crippen LogP contribution in [0.15, 0.2) is 6.07 Å². The van der Waals surface area contributed by atoms with Gasteiger partial charge in [0.2, 0.25) is 5.91 Å². The zero-order valence-electron chi connectivity index (χ0n) is 11.1. The van der Waals surface area contributed by atoms with Gasteiger partial charge in [-0.05, 0) is 31.6 Å². The Morgan fingerprint density at radius 2 is 2.11 bits per heavy atom. The molecule has 1 aliphatic carbocycles. The van der Waals surface area contributed by atoms with Crippen molar-refractivity contribution in [2.24, 2.45) is 11.7 Å². The minimum atomic E-state index is 0.0729. The van der Waals surface area contributed by atoms with Gasteiger partial charge in [0.15, 0.2) is 5.82 Å². The smallest absolute Gasteiger partial charge is 0.228 e. The average molecular weight is 250 g/mol. The quantitative estimate of drug-likeness (QED) is 0.767. The van der Waals surface area contributed by atoms with Crippen molar-refractivity contribution in [1.82, 2.24) is 10.2 Å². The number of nitrogens with two attached hydrogens (primary N) is 1. The lowest BCUT2D eigenvalue weighted by Gasteiger charge is -2.24. The van der Waals surface area contributed by atoms with Crippen LogP contribution >= 0.6 is 0 Å². The van der Waals surface area contributed by atoms with Crippen LogP contribution in [0, 0.1) is 5.92 Å². The Balaban J connectivity index is 1.90. The first kappa shape index (κ1) is 13.1. The fraction of sp³-hybridized carbons (Fsp3) is 0.692. The summed E-state index contributed by atoms with van der Waals surface area (Å²) in [5, 5.41) is 9.92. The molecule has 1 fully saturated rings. The molecule has 0 bridgehead atoms. The number of hydrogen-bond acceptors (Lipinski definition) is 3. The number of nitrogens with zero attached hydrogens (tertiary/aromatic N) is 1. The average Bonchev–Trinajstić information content (AvgIpc) is 2.78. The predicted octanol–water partition coefficient (Wildman–Crippen LogP) is 1.99. The summed E-state index contributed by atoms with van der Waals surface area (Å²) < 4.78 is 0. The molecule has 18 heavy (non-hydrogen) atoms. The fourth-order valence-electron chi connectivity index (χ4n) is 2.31. The van der Waals surface area contributed by atoms with Crippen molar-refractivity contribution in [3.05, 3.63) is 11.8 Å². The molecule has 1 heterocycles. The second-order valence-electron chi connectivity index (χ2n) is 5.46. The SMILES string of the molecule is CC(C)c1cc(NC(=O)C2CCC(N)CC2)n[nH]1. The molecule has 0 spiro atoms. The van der Waals surface area contributed by atoms with E-state index in [1.807, 2.05) is 6.07 Å². The van der Waals surface area contributed by atoms with E-state index < -0.39 is 0 Å². The first-order valence-corrected chi connectivity index (χ1v) is 6.68. The van der Waals surface area contributed by atoms with Crippen LogP contribution in [0.3, 0.4) is 0 Å². The maximum absolute atomic E-state index is 12.0. The molecule has 0 aliphatic heterocycles. The van der Waals surface area contributed by atoms with E-state index in [2.05, 4.69) is 29.4 Å². The van der Waals surface area contributed by atoms with Crippen LogP contribution in [0.2, 0.25) is 0 Å². The van der Waals surface area contributed by atoms with E-state index in [1.165, 1.54) is 0 Å². The fourth-order valence-corrected chi connectivity index (χ4v) is 2.31. The number of amides is 1. The van der Waals surface area contributed by atoms with Crippen molar-refractivity contribution < 1.29 is 4.79 Å². The van der Waals surface area contributed by atoms with Crippen LogP contribution < -0.4 is 11.1 Å². The highest BCUT2D eigenvalue weighted by Crippen LogP contribution is 2.24. The molecule has 1 aromatic heterocycles. The minimum absolute atomic E-state index is 0.0729.